The number of nitrogens with zero attached hydrogens (tertiary/aromatic N) is 1. The first-order chi connectivity index (χ1) is 7.76. The molecule has 0 saturated carbocycles. The van der Waals surface area contributed by atoms with Crippen molar-refractivity contribution in [1.82, 2.24) is 4.90 Å². The Morgan fingerprint density at radius 2 is 2.00 bits per heavy atom. The monoisotopic (exact) mass is 217 g/mol. The van der Waals surface area contributed by atoms with Gasteiger partial charge in [0.25, 0.3) is 0 Å². The van der Waals surface area contributed by atoms with Crippen LogP contribution in [0.4, 0.5) is 0 Å². The maximum absolute atomic E-state index is 5.52. The van der Waals surface area contributed by atoms with Crippen LogP contribution in [0.5, 0.6) is 5.75 Å². The highest BCUT2D eigenvalue weighted by atomic mass is 16.5. The minimum Gasteiger partial charge on any atom is -0.494 e. The van der Waals surface area contributed by atoms with Crippen LogP contribution in [0.15, 0.2) is 24.3 Å². The van der Waals surface area contributed by atoms with Gasteiger partial charge in [0.1, 0.15) is 5.75 Å². The van der Waals surface area contributed by atoms with Crippen LogP contribution >= 0.6 is 0 Å². The molecule has 0 atom stereocenters. The summed E-state index contributed by atoms with van der Waals surface area (Å²) in [6.45, 7) is 4.42. The number of ether oxygens (including phenoxy) is 1. The Balaban J connectivity index is 2.48. The van der Waals surface area contributed by atoms with Gasteiger partial charge in [-0.05, 0) is 31.2 Å². The van der Waals surface area contributed by atoms with E-state index in [1.54, 1.807) is 0 Å². The molecule has 0 aromatic heterocycles. The smallest absolute Gasteiger partial charge is 0.119 e. The summed E-state index contributed by atoms with van der Waals surface area (Å²) in [5, 5.41) is 0. The number of rotatable bonds is 6. The third-order valence-electron chi connectivity index (χ3n) is 2.21. The SMILES string of the molecule is C#CCN(C)Cc1ccc(OCCC)cc1. The second-order valence-corrected chi connectivity index (χ2v) is 3.87. The third-order valence-corrected chi connectivity index (χ3v) is 2.21. The van der Waals surface area contributed by atoms with Gasteiger partial charge >= 0.3 is 0 Å². The van der Waals surface area contributed by atoms with E-state index in [2.05, 4.69) is 29.9 Å². The molecule has 2 nitrogen and oxygen atoms in total. The van der Waals surface area contributed by atoms with Gasteiger partial charge in [0, 0.05) is 6.54 Å². The predicted octanol–water partition coefficient (Wildman–Crippen LogP) is 2.54. The fourth-order valence-electron chi connectivity index (χ4n) is 1.43. The van der Waals surface area contributed by atoms with Crippen molar-refractivity contribution in [2.75, 3.05) is 20.2 Å². The molecule has 0 aliphatic carbocycles. The van der Waals surface area contributed by atoms with Gasteiger partial charge in [0.15, 0.2) is 0 Å². The average Bonchev–Trinajstić information content (AvgIpc) is 2.28. The van der Waals surface area contributed by atoms with Crippen molar-refractivity contribution >= 4 is 0 Å². The Bertz CT molecular complexity index is 337. The summed E-state index contributed by atoms with van der Waals surface area (Å²) in [4.78, 5) is 2.10. The molecule has 0 radical (unpaired) electrons. The molecule has 0 spiro atoms. The molecule has 0 saturated heterocycles. The van der Waals surface area contributed by atoms with E-state index in [1.165, 1.54) is 5.56 Å². The van der Waals surface area contributed by atoms with Crippen molar-refractivity contribution in [2.45, 2.75) is 19.9 Å². The Hall–Kier alpha value is -1.46. The number of terminal acetylenes is 1. The summed E-state index contributed by atoms with van der Waals surface area (Å²) in [7, 11) is 2.02. The highest BCUT2D eigenvalue weighted by Crippen LogP contribution is 2.13. The standard InChI is InChI=1S/C14H19NO/c1-4-10-15(3)12-13-6-8-14(9-7-13)16-11-5-2/h1,6-9H,5,10-12H2,2-3H3. The molecular formula is C14H19NO. The second-order valence-electron chi connectivity index (χ2n) is 3.87. The fraction of sp³-hybridized carbons (Fsp3) is 0.429. The van der Waals surface area contributed by atoms with E-state index < -0.39 is 0 Å². The number of hydrogen-bond donors (Lipinski definition) is 0. The number of hydrogen-bond acceptors (Lipinski definition) is 2. The van der Waals surface area contributed by atoms with Crippen LogP contribution < -0.4 is 4.74 Å². The normalized spacial score (nSPS) is 10.1. The molecule has 0 aliphatic rings. The molecule has 2 heteroatoms. The van der Waals surface area contributed by atoms with Gasteiger partial charge in [-0.15, -0.1) is 6.42 Å². The summed E-state index contributed by atoms with van der Waals surface area (Å²) in [6, 6.07) is 8.18. The van der Waals surface area contributed by atoms with Crippen molar-refractivity contribution in [2.24, 2.45) is 0 Å². The maximum Gasteiger partial charge on any atom is 0.119 e. The van der Waals surface area contributed by atoms with E-state index in [0.717, 1.165) is 25.3 Å². The van der Waals surface area contributed by atoms with Crippen molar-refractivity contribution in [3.63, 3.8) is 0 Å². The van der Waals surface area contributed by atoms with Crippen molar-refractivity contribution in [3.8, 4) is 18.1 Å². The molecular weight excluding hydrogens is 198 g/mol. The van der Waals surface area contributed by atoms with Crippen LogP contribution in [0.1, 0.15) is 18.9 Å². The molecule has 0 fully saturated rings. The highest BCUT2D eigenvalue weighted by molar-refractivity contribution is 5.27. The second kappa shape index (κ2) is 6.92. The minimum absolute atomic E-state index is 0.675. The molecule has 1 rings (SSSR count). The van der Waals surface area contributed by atoms with Crippen LogP contribution in [-0.4, -0.2) is 25.1 Å². The zero-order valence-electron chi connectivity index (χ0n) is 10.1. The molecule has 16 heavy (non-hydrogen) atoms. The summed E-state index contributed by atoms with van der Waals surface area (Å²) in [5.74, 6) is 3.56. The first-order valence-corrected chi connectivity index (χ1v) is 5.60. The summed E-state index contributed by atoms with van der Waals surface area (Å²) >= 11 is 0. The van der Waals surface area contributed by atoms with Crippen LogP contribution in [0.25, 0.3) is 0 Å². The van der Waals surface area contributed by atoms with Gasteiger partial charge in [0.2, 0.25) is 0 Å². The lowest BCUT2D eigenvalue weighted by molar-refractivity contribution is 0.317. The fourth-order valence-corrected chi connectivity index (χ4v) is 1.43. The van der Waals surface area contributed by atoms with Gasteiger partial charge < -0.3 is 4.74 Å². The molecule has 0 unspecified atom stereocenters. The third kappa shape index (κ3) is 4.37. The topological polar surface area (TPSA) is 12.5 Å². The quantitative estimate of drug-likeness (QED) is 0.679. The molecule has 0 amide bonds. The van der Waals surface area contributed by atoms with Gasteiger partial charge in [-0.3, -0.25) is 4.90 Å². The van der Waals surface area contributed by atoms with Crippen molar-refractivity contribution in [1.29, 1.82) is 0 Å². The predicted molar refractivity (Wildman–Crippen MR) is 67.4 cm³/mol. The van der Waals surface area contributed by atoms with Crippen LogP contribution in [-0.2, 0) is 6.54 Å². The molecule has 0 aliphatic heterocycles. The lowest BCUT2D eigenvalue weighted by Crippen LogP contribution is -2.17. The average molecular weight is 217 g/mol. The molecule has 0 N–H and O–H groups in total. The van der Waals surface area contributed by atoms with E-state index in [9.17, 15) is 0 Å². The van der Waals surface area contributed by atoms with Gasteiger partial charge in [-0.2, -0.15) is 0 Å². The van der Waals surface area contributed by atoms with Gasteiger partial charge in [-0.1, -0.05) is 25.0 Å². The van der Waals surface area contributed by atoms with Gasteiger partial charge in [0.05, 0.1) is 13.2 Å². The van der Waals surface area contributed by atoms with E-state index in [1.807, 2.05) is 19.2 Å². The largest absolute Gasteiger partial charge is 0.494 e. The van der Waals surface area contributed by atoms with Crippen LogP contribution in [0.2, 0.25) is 0 Å². The number of benzene rings is 1. The van der Waals surface area contributed by atoms with E-state index in [0.29, 0.717) is 6.54 Å². The molecule has 1 aromatic carbocycles. The lowest BCUT2D eigenvalue weighted by Gasteiger charge is -2.13. The Labute approximate surface area is 98.2 Å². The van der Waals surface area contributed by atoms with E-state index in [-0.39, 0.29) is 0 Å². The van der Waals surface area contributed by atoms with Crippen LogP contribution in [0, 0.1) is 12.3 Å². The Morgan fingerprint density at radius 1 is 1.31 bits per heavy atom. The first kappa shape index (κ1) is 12.6. The minimum atomic E-state index is 0.675. The maximum atomic E-state index is 5.52. The van der Waals surface area contributed by atoms with E-state index in [4.69, 9.17) is 11.2 Å². The summed E-state index contributed by atoms with van der Waals surface area (Å²) in [6.07, 6.45) is 6.28. The lowest BCUT2D eigenvalue weighted by atomic mass is 10.2. The molecule has 86 valence electrons. The van der Waals surface area contributed by atoms with Crippen molar-refractivity contribution < 1.29 is 4.74 Å². The van der Waals surface area contributed by atoms with E-state index >= 15 is 0 Å². The molecule has 0 heterocycles. The Morgan fingerprint density at radius 3 is 2.56 bits per heavy atom. The van der Waals surface area contributed by atoms with Crippen molar-refractivity contribution in [3.05, 3.63) is 29.8 Å². The molecule has 1 aromatic rings. The zero-order valence-corrected chi connectivity index (χ0v) is 10.1. The zero-order chi connectivity index (χ0) is 11.8. The van der Waals surface area contributed by atoms with Gasteiger partial charge in [-0.25, -0.2) is 0 Å². The summed E-state index contributed by atoms with van der Waals surface area (Å²) in [5.41, 5.74) is 1.25. The Kier molecular flexibility index (Phi) is 5.45. The summed E-state index contributed by atoms with van der Waals surface area (Å²) < 4.78 is 5.52. The molecule has 0 bridgehead atoms. The highest BCUT2D eigenvalue weighted by Gasteiger charge is 1.99. The first-order valence-electron chi connectivity index (χ1n) is 5.60. The van der Waals surface area contributed by atoms with Crippen LogP contribution in [0.3, 0.4) is 0 Å².